The predicted octanol–water partition coefficient (Wildman–Crippen LogP) is 0.596. The smallest absolute Gasteiger partial charge is 0.748 e. The Bertz CT molecular complexity index is 320. The predicted molar refractivity (Wildman–Crippen MR) is 81.6 cm³/mol. The van der Waals surface area contributed by atoms with Gasteiger partial charge in [0.05, 0.1) is 16.2 Å². The van der Waals surface area contributed by atoms with E-state index in [2.05, 4.69) is 6.92 Å². The summed E-state index contributed by atoms with van der Waals surface area (Å²) in [5, 5.41) is 9.05. The molecule has 0 spiro atoms. The standard InChI is InChI=1S/C15H32O4S.K/c1-3-5-6-7-8-11-14(16)12-9-13-15(10-4-2)20(17,18)19;/h14-16H,3-13H2,1-2H3,(H,17,18,19);/q;+1/p-1. The van der Waals surface area contributed by atoms with E-state index >= 15 is 0 Å². The summed E-state index contributed by atoms with van der Waals surface area (Å²) in [5.74, 6) is 0. The molecular weight excluding hydrogens is 315 g/mol. The normalized spacial score (nSPS) is 14.5. The fraction of sp³-hybridized carbons (Fsp3) is 1.00. The van der Waals surface area contributed by atoms with E-state index in [1.807, 2.05) is 6.92 Å². The van der Waals surface area contributed by atoms with Gasteiger partial charge in [-0.2, -0.15) is 0 Å². The third-order valence-electron chi connectivity index (χ3n) is 3.72. The molecule has 2 atom stereocenters. The van der Waals surface area contributed by atoms with Gasteiger partial charge >= 0.3 is 51.4 Å². The Morgan fingerprint density at radius 1 is 0.857 bits per heavy atom. The van der Waals surface area contributed by atoms with Crippen LogP contribution in [0.5, 0.6) is 0 Å². The van der Waals surface area contributed by atoms with Crippen LogP contribution in [0.2, 0.25) is 0 Å². The third-order valence-corrected chi connectivity index (χ3v) is 5.01. The Kier molecular flexibility index (Phi) is 17.8. The Labute approximate surface area is 173 Å². The maximum Gasteiger partial charge on any atom is 1.00 e. The van der Waals surface area contributed by atoms with Crippen molar-refractivity contribution in [2.75, 3.05) is 0 Å². The summed E-state index contributed by atoms with van der Waals surface area (Å²) >= 11 is 0. The van der Waals surface area contributed by atoms with Crippen LogP contribution in [0.3, 0.4) is 0 Å². The maximum absolute atomic E-state index is 11.1. The van der Waals surface area contributed by atoms with Crippen LogP contribution < -0.4 is 51.4 Å². The van der Waals surface area contributed by atoms with E-state index in [-0.39, 0.29) is 57.5 Å². The number of hydrogen-bond donors (Lipinski definition) is 1. The van der Waals surface area contributed by atoms with Crippen molar-refractivity contribution in [3.8, 4) is 0 Å². The van der Waals surface area contributed by atoms with Crippen molar-refractivity contribution < 1.29 is 69.5 Å². The molecule has 6 heteroatoms. The summed E-state index contributed by atoms with van der Waals surface area (Å²) < 4.78 is 33.2. The molecule has 0 saturated carbocycles. The summed E-state index contributed by atoms with van der Waals surface area (Å²) in [6, 6.07) is 0. The Morgan fingerprint density at radius 2 is 1.43 bits per heavy atom. The van der Waals surface area contributed by atoms with Crippen LogP contribution in [0.15, 0.2) is 0 Å². The number of rotatable bonds is 13. The van der Waals surface area contributed by atoms with Gasteiger partial charge in [-0.05, 0) is 32.1 Å². The molecule has 0 aliphatic carbocycles. The minimum atomic E-state index is -4.18. The van der Waals surface area contributed by atoms with E-state index in [0.717, 1.165) is 19.3 Å². The molecule has 0 fully saturated rings. The first-order chi connectivity index (χ1) is 9.41. The van der Waals surface area contributed by atoms with E-state index in [9.17, 15) is 18.1 Å². The molecular formula is C15H31KO4S. The van der Waals surface area contributed by atoms with Crippen molar-refractivity contribution in [3.63, 3.8) is 0 Å². The van der Waals surface area contributed by atoms with Gasteiger partial charge in [0.2, 0.25) is 0 Å². The van der Waals surface area contributed by atoms with E-state index in [1.54, 1.807) is 0 Å². The molecule has 0 bridgehead atoms. The first kappa shape index (κ1) is 24.8. The van der Waals surface area contributed by atoms with Gasteiger partial charge in [0, 0.05) is 5.25 Å². The number of aliphatic hydroxyl groups is 1. The summed E-state index contributed by atoms with van der Waals surface area (Å²) in [5.41, 5.74) is 0. The van der Waals surface area contributed by atoms with Crippen LogP contribution in [0.25, 0.3) is 0 Å². The van der Waals surface area contributed by atoms with Gasteiger partial charge in [-0.25, -0.2) is 8.42 Å². The molecule has 0 heterocycles. The van der Waals surface area contributed by atoms with Gasteiger partial charge in [0.25, 0.3) is 0 Å². The zero-order valence-electron chi connectivity index (χ0n) is 14.0. The van der Waals surface area contributed by atoms with Gasteiger partial charge in [-0.1, -0.05) is 52.4 Å². The van der Waals surface area contributed by atoms with E-state index in [4.69, 9.17) is 0 Å². The molecule has 122 valence electrons. The SMILES string of the molecule is CCCCCCCC(O)CCCC(CCC)S(=O)(=O)[O-].[K+]. The van der Waals surface area contributed by atoms with Crippen LogP contribution in [-0.2, 0) is 10.1 Å². The monoisotopic (exact) mass is 346 g/mol. The molecule has 0 radical (unpaired) electrons. The second-order valence-electron chi connectivity index (χ2n) is 5.69. The Balaban J connectivity index is 0. The molecule has 0 aromatic heterocycles. The van der Waals surface area contributed by atoms with Crippen LogP contribution in [0, 0.1) is 0 Å². The quantitative estimate of drug-likeness (QED) is 0.301. The second kappa shape index (κ2) is 15.1. The van der Waals surface area contributed by atoms with Crippen molar-refractivity contribution in [1.82, 2.24) is 0 Å². The summed E-state index contributed by atoms with van der Waals surface area (Å²) in [4.78, 5) is 0. The Hall–Kier alpha value is 1.51. The fourth-order valence-corrected chi connectivity index (χ4v) is 3.44. The van der Waals surface area contributed by atoms with Crippen LogP contribution in [0.1, 0.15) is 84.5 Å². The molecule has 0 aromatic rings. The zero-order valence-corrected chi connectivity index (χ0v) is 18.0. The van der Waals surface area contributed by atoms with Crippen LogP contribution in [-0.4, -0.2) is 29.4 Å². The van der Waals surface area contributed by atoms with Crippen molar-refractivity contribution >= 4 is 10.1 Å². The largest absolute Gasteiger partial charge is 1.00 e. The first-order valence-electron chi connectivity index (χ1n) is 8.04. The van der Waals surface area contributed by atoms with Crippen molar-refractivity contribution in [2.24, 2.45) is 0 Å². The number of hydrogen-bond acceptors (Lipinski definition) is 4. The average molecular weight is 347 g/mol. The molecule has 0 rings (SSSR count). The van der Waals surface area contributed by atoms with Gasteiger partial charge in [0.1, 0.15) is 0 Å². The zero-order chi connectivity index (χ0) is 15.4. The molecule has 2 unspecified atom stereocenters. The van der Waals surface area contributed by atoms with Gasteiger partial charge in [-0.15, -0.1) is 0 Å². The summed E-state index contributed by atoms with van der Waals surface area (Å²) in [6.45, 7) is 4.05. The Morgan fingerprint density at radius 3 is 1.95 bits per heavy atom. The molecule has 21 heavy (non-hydrogen) atoms. The van der Waals surface area contributed by atoms with Crippen LogP contribution in [0.4, 0.5) is 0 Å². The molecule has 0 saturated heterocycles. The van der Waals surface area contributed by atoms with E-state index in [1.165, 1.54) is 19.3 Å². The fourth-order valence-electron chi connectivity index (χ4n) is 2.46. The number of aliphatic hydroxyl groups excluding tert-OH is 1. The van der Waals surface area contributed by atoms with Gasteiger partial charge < -0.3 is 9.66 Å². The van der Waals surface area contributed by atoms with E-state index in [0.29, 0.717) is 32.1 Å². The first-order valence-corrected chi connectivity index (χ1v) is 9.51. The van der Waals surface area contributed by atoms with Crippen molar-refractivity contribution in [2.45, 2.75) is 95.8 Å². The minimum absolute atomic E-state index is 0. The topological polar surface area (TPSA) is 77.4 Å². The molecule has 0 aliphatic rings. The van der Waals surface area contributed by atoms with Crippen molar-refractivity contribution in [3.05, 3.63) is 0 Å². The van der Waals surface area contributed by atoms with Crippen molar-refractivity contribution in [1.29, 1.82) is 0 Å². The molecule has 0 amide bonds. The molecule has 1 N–H and O–H groups in total. The third kappa shape index (κ3) is 14.8. The molecule has 0 aromatic carbocycles. The number of unbranched alkanes of at least 4 members (excludes halogenated alkanes) is 4. The molecule has 4 nitrogen and oxygen atoms in total. The molecule has 0 aliphatic heterocycles. The van der Waals surface area contributed by atoms with Gasteiger partial charge in [-0.3, -0.25) is 0 Å². The van der Waals surface area contributed by atoms with Gasteiger partial charge in [0.15, 0.2) is 0 Å². The van der Waals surface area contributed by atoms with E-state index < -0.39 is 15.4 Å². The average Bonchev–Trinajstić information content (AvgIpc) is 2.36. The summed E-state index contributed by atoms with van der Waals surface area (Å²) in [6.07, 6.45) is 9.01. The maximum atomic E-state index is 11.1. The second-order valence-corrected chi connectivity index (χ2v) is 7.34. The summed E-state index contributed by atoms with van der Waals surface area (Å²) in [7, 11) is -4.18. The minimum Gasteiger partial charge on any atom is -0.748 e. The van der Waals surface area contributed by atoms with Crippen LogP contribution >= 0.6 is 0 Å².